The summed E-state index contributed by atoms with van der Waals surface area (Å²) in [5.74, 6) is 0.923. The van der Waals surface area contributed by atoms with Crippen molar-refractivity contribution in [2.24, 2.45) is 5.73 Å². The fourth-order valence-electron chi connectivity index (χ4n) is 2.99. The van der Waals surface area contributed by atoms with E-state index in [2.05, 4.69) is 28.6 Å². The number of aryl methyl sites for hydroxylation is 2. The summed E-state index contributed by atoms with van der Waals surface area (Å²) in [6.07, 6.45) is 8.20. The van der Waals surface area contributed by atoms with Gasteiger partial charge in [-0.15, -0.1) is 0 Å². The van der Waals surface area contributed by atoms with Crippen LogP contribution in [0.3, 0.4) is 0 Å². The molecular weight excluding hydrogens is 262 g/mol. The molecule has 0 fully saturated rings. The van der Waals surface area contributed by atoms with E-state index in [1.807, 2.05) is 18.6 Å². The van der Waals surface area contributed by atoms with Crippen LogP contribution in [0, 0.1) is 0 Å². The van der Waals surface area contributed by atoms with Gasteiger partial charge in [-0.3, -0.25) is 0 Å². The molecule has 1 heterocycles. The zero-order valence-electron chi connectivity index (χ0n) is 12.6. The minimum Gasteiger partial charge on any atom is -0.487 e. The van der Waals surface area contributed by atoms with Gasteiger partial charge in [0.2, 0.25) is 0 Å². The summed E-state index contributed by atoms with van der Waals surface area (Å²) < 4.78 is 8.08. The second-order valence-corrected chi connectivity index (χ2v) is 5.73. The number of fused-ring (bicyclic) bond motifs is 1. The molecule has 1 aromatic carbocycles. The number of hydrogen-bond donors (Lipinski definition) is 1. The Morgan fingerprint density at radius 1 is 1.43 bits per heavy atom. The maximum atomic E-state index is 6.15. The first-order valence-electron chi connectivity index (χ1n) is 7.78. The highest BCUT2D eigenvalue weighted by atomic mass is 16.5. The number of nitrogens with two attached hydrogens (primary N) is 1. The molecule has 0 bridgehead atoms. The van der Waals surface area contributed by atoms with Gasteiger partial charge in [-0.25, -0.2) is 4.98 Å². The third-order valence-corrected chi connectivity index (χ3v) is 4.12. The maximum absolute atomic E-state index is 6.15. The van der Waals surface area contributed by atoms with E-state index in [0.29, 0.717) is 6.61 Å². The molecule has 4 nitrogen and oxygen atoms in total. The molecule has 3 rings (SSSR count). The molecule has 0 saturated carbocycles. The van der Waals surface area contributed by atoms with Gasteiger partial charge in [0.15, 0.2) is 0 Å². The van der Waals surface area contributed by atoms with Gasteiger partial charge in [0.1, 0.15) is 12.4 Å². The van der Waals surface area contributed by atoms with Gasteiger partial charge in [-0.1, -0.05) is 13.0 Å². The van der Waals surface area contributed by atoms with Crippen molar-refractivity contribution in [2.75, 3.05) is 0 Å². The summed E-state index contributed by atoms with van der Waals surface area (Å²) in [5.41, 5.74) is 9.89. The summed E-state index contributed by atoms with van der Waals surface area (Å²) in [5, 5.41) is 0. The fourth-order valence-corrected chi connectivity index (χ4v) is 2.99. The lowest BCUT2D eigenvalue weighted by Crippen LogP contribution is -2.17. The first-order chi connectivity index (χ1) is 10.3. The minimum absolute atomic E-state index is 0.189. The predicted octanol–water partition coefficient (Wildman–Crippen LogP) is 3.21. The molecule has 2 N–H and O–H groups in total. The van der Waals surface area contributed by atoms with Crippen LogP contribution >= 0.6 is 0 Å². The lowest BCUT2D eigenvalue weighted by Gasteiger charge is -2.22. The van der Waals surface area contributed by atoms with Crippen molar-refractivity contribution in [1.82, 2.24) is 9.55 Å². The number of benzene rings is 1. The normalized spacial score (nSPS) is 17.5. The van der Waals surface area contributed by atoms with Gasteiger partial charge in [-0.2, -0.15) is 0 Å². The predicted molar refractivity (Wildman–Crippen MR) is 83.2 cm³/mol. The Morgan fingerprint density at radius 2 is 2.33 bits per heavy atom. The van der Waals surface area contributed by atoms with Crippen LogP contribution in [-0.4, -0.2) is 9.55 Å². The Kier molecular flexibility index (Phi) is 4.25. The quantitative estimate of drug-likeness (QED) is 0.917. The molecule has 4 heteroatoms. The first-order valence-corrected chi connectivity index (χ1v) is 7.78. The second kappa shape index (κ2) is 6.31. The van der Waals surface area contributed by atoms with Crippen molar-refractivity contribution >= 4 is 0 Å². The zero-order chi connectivity index (χ0) is 14.7. The van der Waals surface area contributed by atoms with Crippen LogP contribution in [0.5, 0.6) is 5.75 Å². The van der Waals surface area contributed by atoms with Crippen molar-refractivity contribution in [1.29, 1.82) is 0 Å². The average molecular weight is 285 g/mol. The lowest BCUT2D eigenvalue weighted by atomic mass is 9.88. The summed E-state index contributed by atoms with van der Waals surface area (Å²) in [6.45, 7) is 3.71. The Bertz CT molecular complexity index is 606. The van der Waals surface area contributed by atoms with Crippen LogP contribution in [0.25, 0.3) is 0 Å². The summed E-state index contributed by atoms with van der Waals surface area (Å²) >= 11 is 0. The highest BCUT2D eigenvalue weighted by Gasteiger charge is 2.17. The molecule has 0 saturated heterocycles. The van der Waals surface area contributed by atoms with Crippen LogP contribution < -0.4 is 10.5 Å². The molecule has 1 unspecified atom stereocenters. The van der Waals surface area contributed by atoms with E-state index in [0.717, 1.165) is 37.3 Å². The number of hydrogen-bond acceptors (Lipinski definition) is 3. The fraction of sp³-hybridized carbons (Fsp3) is 0.471. The Hall–Kier alpha value is -1.81. The number of nitrogens with zero attached hydrogens (tertiary/aromatic N) is 2. The van der Waals surface area contributed by atoms with E-state index in [4.69, 9.17) is 10.5 Å². The van der Waals surface area contributed by atoms with Gasteiger partial charge >= 0.3 is 0 Å². The van der Waals surface area contributed by atoms with Crippen LogP contribution in [0.1, 0.15) is 49.0 Å². The van der Waals surface area contributed by atoms with Crippen LogP contribution in [-0.2, 0) is 19.6 Å². The Labute approximate surface area is 125 Å². The molecular formula is C17H23N3O. The number of imidazole rings is 1. The highest BCUT2D eigenvalue weighted by Crippen LogP contribution is 2.30. The Morgan fingerprint density at radius 3 is 3.19 bits per heavy atom. The van der Waals surface area contributed by atoms with E-state index in [1.165, 1.54) is 17.5 Å². The molecule has 1 aliphatic carbocycles. The molecule has 112 valence electrons. The van der Waals surface area contributed by atoms with E-state index in [1.54, 1.807) is 0 Å². The smallest absolute Gasteiger partial charge is 0.130 e. The number of rotatable bonds is 5. The van der Waals surface area contributed by atoms with Crippen molar-refractivity contribution in [2.45, 2.75) is 51.8 Å². The van der Waals surface area contributed by atoms with Crippen LogP contribution in [0.4, 0.5) is 0 Å². The number of aromatic nitrogens is 2. The molecule has 0 amide bonds. The molecule has 21 heavy (non-hydrogen) atoms. The van der Waals surface area contributed by atoms with Crippen molar-refractivity contribution in [3.63, 3.8) is 0 Å². The van der Waals surface area contributed by atoms with Crippen LogP contribution in [0.2, 0.25) is 0 Å². The molecule has 0 spiro atoms. The monoisotopic (exact) mass is 285 g/mol. The van der Waals surface area contributed by atoms with Gasteiger partial charge < -0.3 is 15.0 Å². The van der Waals surface area contributed by atoms with Crippen molar-refractivity contribution in [3.8, 4) is 5.75 Å². The molecule has 0 radical (unpaired) electrons. The summed E-state index contributed by atoms with van der Waals surface area (Å²) in [6, 6.07) is 6.49. The third-order valence-electron chi connectivity index (χ3n) is 4.12. The SMILES string of the molecule is CCCn1cncc1COc1ccc2c(c1)CCCC2N. The first kappa shape index (κ1) is 14.1. The van der Waals surface area contributed by atoms with E-state index < -0.39 is 0 Å². The second-order valence-electron chi connectivity index (χ2n) is 5.73. The number of ether oxygens (including phenoxy) is 1. The summed E-state index contributed by atoms with van der Waals surface area (Å²) in [4.78, 5) is 4.20. The standard InChI is InChI=1S/C17H23N3O/c1-2-8-20-12-19-10-14(20)11-21-15-6-7-16-13(9-15)4-3-5-17(16)18/h6-7,9-10,12,17H,2-5,8,11,18H2,1H3. The topological polar surface area (TPSA) is 53.1 Å². The van der Waals surface area contributed by atoms with E-state index in [-0.39, 0.29) is 6.04 Å². The van der Waals surface area contributed by atoms with E-state index >= 15 is 0 Å². The minimum atomic E-state index is 0.189. The van der Waals surface area contributed by atoms with Gasteiger partial charge in [0, 0.05) is 12.6 Å². The van der Waals surface area contributed by atoms with Gasteiger partial charge in [0.05, 0.1) is 18.2 Å². The largest absolute Gasteiger partial charge is 0.487 e. The third kappa shape index (κ3) is 3.10. The summed E-state index contributed by atoms with van der Waals surface area (Å²) in [7, 11) is 0. The Balaban J connectivity index is 1.69. The molecule has 1 aromatic heterocycles. The zero-order valence-corrected chi connectivity index (χ0v) is 12.6. The van der Waals surface area contributed by atoms with Crippen molar-refractivity contribution < 1.29 is 4.74 Å². The van der Waals surface area contributed by atoms with E-state index in [9.17, 15) is 0 Å². The molecule has 1 atom stereocenters. The molecule has 2 aromatic rings. The molecule has 1 aliphatic rings. The highest BCUT2D eigenvalue weighted by molar-refractivity contribution is 5.38. The lowest BCUT2D eigenvalue weighted by molar-refractivity contribution is 0.294. The van der Waals surface area contributed by atoms with Crippen LogP contribution in [0.15, 0.2) is 30.7 Å². The van der Waals surface area contributed by atoms with Crippen molar-refractivity contribution in [3.05, 3.63) is 47.5 Å². The average Bonchev–Trinajstić information content (AvgIpc) is 2.93. The molecule has 0 aliphatic heterocycles. The van der Waals surface area contributed by atoms with Gasteiger partial charge in [0.25, 0.3) is 0 Å². The maximum Gasteiger partial charge on any atom is 0.130 e. The van der Waals surface area contributed by atoms with Gasteiger partial charge in [-0.05, 0) is 48.9 Å².